The number of guanidine groups is 1. The zero-order valence-electron chi connectivity index (χ0n) is 15.3. The summed E-state index contributed by atoms with van der Waals surface area (Å²) in [5, 5.41) is 10.8. The zero-order valence-corrected chi connectivity index (χ0v) is 17.6. The molecule has 0 aliphatic carbocycles. The molecule has 138 valence electrons. The van der Waals surface area contributed by atoms with E-state index in [9.17, 15) is 0 Å². The zero-order chi connectivity index (χ0) is 17.2. The Morgan fingerprint density at radius 2 is 1.96 bits per heavy atom. The third-order valence-electron chi connectivity index (χ3n) is 3.83. The summed E-state index contributed by atoms with van der Waals surface area (Å²) in [4.78, 5) is 6.88. The van der Waals surface area contributed by atoms with E-state index in [4.69, 9.17) is 0 Å². The molecule has 0 radical (unpaired) electrons. The Hall–Kier alpha value is -1.77. The molecule has 1 aromatic carbocycles. The predicted octanol–water partition coefficient (Wildman–Crippen LogP) is 2.62. The van der Waals surface area contributed by atoms with Crippen LogP contribution in [0.25, 0.3) is 0 Å². The number of para-hydroxylation sites is 1. The van der Waals surface area contributed by atoms with Crippen LogP contribution in [0.15, 0.2) is 47.6 Å². The molecule has 7 heteroatoms. The minimum Gasteiger partial charge on any atom is -0.375 e. The number of rotatable bonds is 8. The lowest BCUT2D eigenvalue weighted by atomic mass is 10.3. The van der Waals surface area contributed by atoms with Crippen molar-refractivity contribution in [2.24, 2.45) is 12.0 Å². The summed E-state index contributed by atoms with van der Waals surface area (Å²) in [6.45, 7) is 5.42. The molecule has 0 aliphatic heterocycles. The maximum Gasteiger partial charge on any atom is 0.191 e. The first-order valence-corrected chi connectivity index (χ1v) is 8.46. The van der Waals surface area contributed by atoms with Crippen LogP contribution in [0.4, 0.5) is 5.69 Å². The van der Waals surface area contributed by atoms with Crippen molar-refractivity contribution in [2.75, 3.05) is 31.6 Å². The summed E-state index contributed by atoms with van der Waals surface area (Å²) in [5.41, 5.74) is 2.34. The SMILES string of the molecule is CCNC(=NCc1ccnn1C)NCCCN(C)c1ccccc1.I. The van der Waals surface area contributed by atoms with Gasteiger partial charge in [-0.2, -0.15) is 5.10 Å². The maximum atomic E-state index is 4.61. The van der Waals surface area contributed by atoms with Crippen molar-refractivity contribution < 1.29 is 0 Å². The summed E-state index contributed by atoms with van der Waals surface area (Å²) in [5.74, 6) is 0.848. The fourth-order valence-corrected chi connectivity index (χ4v) is 2.39. The van der Waals surface area contributed by atoms with Gasteiger partial charge in [0, 0.05) is 45.6 Å². The molecule has 25 heavy (non-hydrogen) atoms. The number of anilines is 1. The molecule has 1 heterocycles. The molecule has 0 fully saturated rings. The van der Waals surface area contributed by atoms with Gasteiger partial charge in [-0.25, -0.2) is 4.99 Å². The molecule has 0 atom stereocenters. The van der Waals surface area contributed by atoms with Gasteiger partial charge in [-0.05, 0) is 31.5 Å². The molecule has 2 N–H and O–H groups in total. The Morgan fingerprint density at radius 3 is 2.60 bits per heavy atom. The van der Waals surface area contributed by atoms with E-state index in [0.717, 1.165) is 37.7 Å². The number of aromatic nitrogens is 2. The van der Waals surface area contributed by atoms with E-state index in [-0.39, 0.29) is 24.0 Å². The standard InChI is InChI=1S/C18H28N6.HI/c1-4-19-18(21-15-17-11-13-22-24(17)3)20-12-8-14-23(2)16-9-6-5-7-10-16;/h5-7,9-11,13H,4,8,12,14-15H2,1-3H3,(H2,19,20,21);1H. The topological polar surface area (TPSA) is 57.5 Å². The first-order chi connectivity index (χ1) is 11.7. The third kappa shape index (κ3) is 7.33. The van der Waals surface area contributed by atoms with Gasteiger partial charge >= 0.3 is 0 Å². The van der Waals surface area contributed by atoms with Crippen LogP contribution < -0.4 is 15.5 Å². The fraction of sp³-hybridized carbons (Fsp3) is 0.444. The fourth-order valence-electron chi connectivity index (χ4n) is 2.39. The van der Waals surface area contributed by atoms with Crippen molar-refractivity contribution in [1.82, 2.24) is 20.4 Å². The van der Waals surface area contributed by atoms with Gasteiger partial charge in [0.1, 0.15) is 0 Å². The monoisotopic (exact) mass is 456 g/mol. The molecule has 2 aromatic rings. The number of hydrogen-bond acceptors (Lipinski definition) is 3. The first kappa shape index (κ1) is 21.3. The third-order valence-corrected chi connectivity index (χ3v) is 3.83. The van der Waals surface area contributed by atoms with Crippen molar-refractivity contribution in [2.45, 2.75) is 19.9 Å². The normalized spacial score (nSPS) is 10.9. The van der Waals surface area contributed by atoms with E-state index < -0.39 is 0 Å². The van der Waals surface area contributed by atoms with Gasteiger partial charge < -0.3 is 15.5 Å². The van der Waals surface area contributed by atoms with E-state index in [1.54, 1.807) is 6.20 Å². The number of nitrogens with zero attached hydrogens (tertiary/aromatic N) is 4. The lowest BCUT2D eigenvalue weighted by Gasteiger charge is -2.19. The van der Waals surface area contributed by atoms with E-state index in [1.807, 2.05) is 23.9 Å². The lowest BCUT2D eigenvalue weighted by molar-refractivity contribution is 0.701. The van der Waals surface area contributed by atoms with E-state index in [0.29, 0.717) is 6.54 Å². The molecule has 2 rings (SSSR count). The Morgan fingerprint density at radius 1 is 1.20 bits per heavy atom. The highest BCUT2D eigenvalue weighted by atomic mass is 127. The van der Waals surface area contributed by atoms with Crippen molar-refractivity contribution in [3.05, 3.63) is 48.3 Å². The second-order valence-electron chi connectivity index (χ2n) is 5.68. The van der Waals surface area contributed by atoms with Crippen molar-refractivity contribution in [3.63, 3.8) is 0 Å². The molecular weight excluding hydrogens is 427 g/mol. The highest BCUT2D eigenvalue weighted by Crippen LogP contribution is 2.10. The molecule has 0 bridgehead atoms. The van der Waals surface area contributed by atoms with Crippen LogP contribution in [-0.4, -0.2) is 42.4 Å². The molecule has 0 amide bonds. The van der Waals surface area contributed by atoms with Crippen LogP contribution in [0.1, 0.15) is 19.0 Å². The molecule has 0 unspecified atom stereocenters. The second-order valence-corrected chi connectivity index (χ2v) is 5.68. The number of aliphatic imine (C=N–C) groups is 1. The van der Waals surface area contributed by atoms with Gasteiger partial charge in [0.2, 0.25) is 0 Å². The van der Waals surface area contributed by atoms with Crippen molar-refractivity contribution >= 4 is 35.6 Å². The summed E-state index contributed by atoms with van der Waals surface area (Å²) in [6, 6.07) is 12.4. The number of benzene rings is 1. The minimum absolute atomic E-state index is 0. The first-order valence-electron chi connectivity index (χ1n) is 8.46. The summed E-state index contributed by atoms with van der Waals surface area (Å²) >= 11 is 0. The Balaban J connectivity index is 0.00000312. The molecule has 0 saturated heterocycles. The Bertz CT molecular complexity index is 626. The number of aryl methyl sites for hydroxylation is 1. The minimum atomic E-state index is 0. The van der Waals surface area contributed by atoms with E-state index in [2.05, 4.69) is 63.9 Å². The average molecular weight is 456 g/mol. The largest absolute Gasteiger partial charge is 0.375 e. The summed E-state index contributed by atoms with van der Waals surface area (Å²) < 4.78 is 1.85. The van der Waals surface area contributed by atoms with Crippen LogP contribution in [0.2, 0.25) is 0 Å². The Kier molecular flexibility index (Phi) is 9.98. The van der Waals surface area contributed by atoms with Crippen LogP contribution in [0.3, 0.4) is 0 Å². The van der Waals surface area contributed by atoms with Gasteiger partial charge in [0.25, 0.3) is 0 Å². The molecule has 1 aromatic heterocycles. The molecule has 0 saturated carbocycles. The van der Waals surface area contributed by atoms with Crippen molar-refractivity contribution in [3.8, 4) is 0 Å². The number of nitrogens with one attached hydrogen (secondary N) is 2. The number of halogens is 1. The molecule has 6 nitrogen and oxygen atoms in total. The number of hydrogen-bond donors (Lipinski definition) is 2. The van der Waals surface area contributed by atoms with Crippen LogP contribution in [0.5, 0.6) is 0 Å². The van der Waals surface area contributed by atoms with Gasteiger partial charge in [-0.1, -0.05) is 18.2 Å². The lowest BCUT2D eigenvalue weighted by Crippen LogP contribution is -2.38. The van der Waals surface area contributed by atoms with Gasteiger partial charge in [-0.15, -0.1) is 24.0 Å². The molecular formula is C18H29IN6. The van der Waals surface area contributed by atoms with E-state index in [1.165, 1.54) is 5.69 Å². The van der Waals surface area contributed by atoms with Crippen LogP contribution in [-0.2, 0) is 13.6 Å². The van der Waals surface area contributed by atoms with Gasteiger partial charge in [0.15, 0.2) is 5.96 Å². The van der Waals surface area contributed by atoms with Gasteiger partial charge in [-0.3, -0.25) is 4.68 Å². The molecule has 0 spiro atoms. The molecule has 0 aliphatic rings. The summed E-state index contributed by atoms with van der Waals surface area (Å²) in [6.07, 6.45) is 2.84. The van der Waals surface area contributed by atoms with Gasteiger partial charge in [0.05, 0.1) is 12.2 Å². The highest BCUT2D eigenvalue weighted by molar-refractivity contribution is 14.0. The quantitative estimate of drug-likeness (QED) is 0.278. The Labute approximate surface area is 167 Å². The highest BCUT2D eigenvalue weighted by Gasteiger charge is 2.02. The second kappa shape index (κ2) is 11.7. The summed E-state index contributed by atoms with van der Waals surface area (Å²) in [7, 11) is 4.06. The predicted molar refractivity (Wildman–Crippen MR) is 116 cm³/mol. The van der Waals surface area contributed by atoms with Crippen LogP contribution >= 0.6 is 24.0 Å². The van der Waals surface area contributed by atoms with E-state index >= 15 is 0 Å². The maximum absolute atomic E-state index is 4.61. The smallest absolute Gasteiger partial charge is 0.191 e. The van der Waals surface area contributed by atoms with Crippen LogP contribution in [0, 0.1) is 0 Å². The van der Waals surface area contributed by atoms with Crippen molar-refractivity contribution in [1.29, 1.82) is 0 Å². The average Bonchev–Trinajstić information content (AvgIpc) is 3.02.